The number of likely N-dealkylation sites (tertiary alicyclic amines) is 1. The number of amides is 1. The molecule has 22 heavy (non-hydrogen) atoms. The zero-order chi connectivity index (χ0) is 16.3. The van der Waals surface area contributed by atoms with Crippen LogP contribution in [0.15, 0.2) is 12.3 Å². The summed E-state index contributed by atoms with van der Waals surface area (Å²) in [6.45, 7) is 9.28. The van der Waals surface area contributed by atoms with Crippen LogP contribution >= 0.6 is 11.3 Å². The maximum atomic E-state index is 12.4. The number of rotatable bonds is 3. The van der Waals surface area contributed by atoms with Crippen molar-refractivity contribution in [3.05, 3.63) is 22.2 Å². The summed E-state index contributed by atoms with van der Waals surface area (Å²) in [7, 11) is 0. The molecule has 5 heteroatoms. The van der Waals surface area contributed by atoms with E-state index in [9.17, 15) is 9.90 Å². The molecular formula is C17H26N2O2S. The van der Waals surface area contributed by atoms with Crippen LogP contribution in [0.25, 0.3) is 6.08 Å². The van der Waals surface area contributed by atoms with Gasteiger partial charge in [0.15, 0.2) is 0 Å². The number of carbonyl (C=O) groups is 1. The summed E-state index contributed by atoms with van der Waals surface area (Å²) in [4.78, 5) is 19.7. The van der Waals surface area contributed by atoms with Gasteiger partial charge in [-0.25, -0.2) is 4.98 Å². The number of nitrogens with zero attached hydrogens (tertiary/aromatic N) is 2. The van der Waals surface area contributed by atoms with E-state index in [1.54, 1.807) is 17.4 Å². The highest BCUT2D eigenvalue weighted by atomic mass is 32.1. The van der Waals surface area contributed by atoms with Crippen LogP contribution in [0.5, 0.6) is 0 Å². The monoisotopic (exact) mass is 322 g/mol. The standard InChI is InChI=1S/C17H26N2O2S/c1-12-5-6-13(11-20)10-19(12)15(21)8-7-14-9-18-16(22-14)17(2,3)4/h7-9,12-13,20H,5-6,10-11H2,1-4H3/b8-7+. The van der Waals surface area contributed by atoms with Gasteiger partial charge in [0.05, 0.1) is 5.01 Å². The van der Waals surface area contributed by atoms with Gasteiger partial charge >= 0.3 is 0 Å². The third-order valence-electron chi connectivity index (χ3n) is 4.08. The van der Waals surface area contributed by atoms with Gasteiger partial charge in [0.2, 0.25) is 5.91 Å². The number of hydrogen-bond acceptors (Lipinski definition) is 4. The summed E-state index contributed by atoms with van der Waals surface area (Å²) in [6.07, 6.45) is 7.26. The van der Waals surface area contributed by atoms with Crippen molar-refractivity contribution in [1.82, 2.24) is 9.88 Å². The molecule has 2 atom stereocenters. The largest absolute Gasteiger partial charge is 0.396 e. The second kappa shape index (κ2) is 6.92. The summed E-state index contributed by atoms with van der Waals surface area (Å²) >= 11 is 1.63. The van der Waals surface area contributed by atoms with Gasteiger partial charge in [0.1, 0.15) is 0 Å². The van der Waals surface area contributed by atoms with Crippen LogP contribution in [0.2, 0.25) is 0 Å². The van der Waals surface area contributed by atoms with Crippen molar-refractivity contribution >= 4 is 23.3 Å². The summed E-state index contributed by atoms with van der Waals surface area (Å²) < 4.78 is 0. The van der Waals surface area contributed by atoms with Gasteiger partial charge in [0, 0.05) is 41.8 Å². The highest BCUT2D eigenvalue weighted by molar-refractivity contribution is 7.12. The van der Waals surface area contributed by atoms with Crippen LogP contribution in [0.3, 0.4) is 0 Å². The normalized spacial score (nSPS) is 23.2. The lowest BCUT2D eigenvalue weighted by Crippen LogP contribution is -2.45. The molecule has 1 aromatic rings. The predicted molar refractivity (Wildman–Crippen MR) is 90.8 cm³/mol. The Morgan fingerprint density at radius 1 is 1.50 bits per heavy atom. The second-order valence-electron chi connectivity index (χ2n) is 7.12. The van der Waals surface area contributed by atoms with Crippen molar-refractivity contribution < 1.29 is 9.90 Å². The van der Waals surface area contributed by atoms with Crippen molar-refractivity contribution in [2.75, 3.05) is 13.2 Å². The molecular weight excluding hydrogens is 296 g/mol. The highest BCUT2D eigenvalue weighted by Crippen LogP contribution is 2.27. The molecule has 2 heterocycles. The molecule has 4 nitrogen and oxygen atoms in total. The number of piperidine rings is 1. The van der Waals surface area contributed by atoms with E-state index in [4.69, 9.17) is 0 Å². The first-order valence-corrected chi connectivity index (χ1v) is 8.68. The predicted octanol–water partition coefficient (Wildman–Crippen LogP) is 3.07. The fraction of sp³-hybridized carbons (Fsp3) is 0.647. The molecule has 0 bridgehead atoms. The first-order chi connectivity index (χ1) is 10.3. The van der Waals surface area contributed by atoms with Gasteiger partial charge in [0.25, 0.3) is 0 Å². The van der Waals surface area contributed by atoms with Crippen molar-refractivity contribution in [2.45, 2.75) is 52.0 Å². The Labute approximate surface area is 136 Å². The van der Waals surface area contributed by atoms with Gasteiger partial charge in [-0.3, -0.25) is 4.79 Å². The highest BCUT2D eigenvalue weighted by Gasteiger charge is 2.27. The Morgan fingerprint density at radius 3 is 2.82 bits per heavy atom. The molecule has 0 spiro atoms. The average molecular weight is 322 g/mol. The van der Waals surface area contributed by atoms with Crippen LogP contribution in [0.4, 0.5) is 0 Å². The number of aromatic nitrogens is 1. The maximum Gasteiger partial charge on any atom is 0.246 e. The van der Waals surface area contributed by atoms with Gasteiger partial charge < -0.3 is 10.0 Å². The lowest BCUT2D eigenvalue weighted by Gasteiger charge is -2.36. The zero-order valence-corrected chi connectivity index (χ0v) is 14.7. The lowest BCUT2D eigenvalue weighted by atomic mass is 9.94. The van der Waals surface area contributed by atoms with E-state index in [1.807, 2.05) is 17.2 Å². The quantitative estimate of drug-likeness (QED) is 0.870. The molecule has 122 valence electrons. The molecule has 1 aliphatic rings. The van der Waals surface area contributed by atoms with Gasteiger partial charge in [-0.1, -0.05) is 20.8 Å². The Hall–Kier alpha value is -1.20. The fourth-order valence-electron chi connectivity index (χ4n) is 2.60. The van der Waals surface area contributed by atoms with E-state index in [0.717, 1.165) is 22.7 Å². The molecule has 1 aromatic heterocycles. The molecule has 1 N–H and O–H groups in total. The van der Waals surface area contributed by atoms with Gasteiger partial charge in [-0.15, -0.1) is 11.3 Å². The maximum absolute atomic E-state index is 12.4. The minimum atomic E-state index is 0.0244. The molecule has 0 radical (unpaired) electrons. The minimum Gasteiger partial charge on any atom is -0.396 e. The fourth-order valence-corrected chi connectivity index (χ4v) is 3.47. The third kappa shape index (κ3) is 4.17. The Kier molecular flexibility index (Phi) is 5.40. The molecule has 2 unspecified atom stereocenters. The van der Waals surface area contributed by atoms with E-state index in [-0.39, 0.29) is 29.9 Å². The molecule has 2 rings (SSSR count). The zero-order valence-electron chi connectivity index (χ0n) is 13.9. The Morgan fingerprint density at radius 2 is 2.23 bits per heavy atom. The van der Waals surface area contributed by atoms with E-state index < -0.39 is 0 Å². The number of aliphatic hydroxyl groups is 1. The minimum absolute atomic E-state index is 0.0244. The molecule has 0 aromatic carbocycles. The molecule has 1 aliphatic heterocycles. The van der Waals surface area contributed by atoms with Crippen molar-refractivity contribution in [1.29, 1.82) is 0 Å². The van der Waals surface area contributed by atoms with E-state index in [2.05, 4.69) is 32.7 Å². The van der Waals surface area contributed by atoms with Crippen molar-refractivity contribution in [3.63, 3.8) is 0 Å². The van der Waals surface area contributed by atoms with E-state index in [0.29, 0.717) is 6.54 Å². The number of hydrogen-bond donors (Lipinski definition) is 1. The Balaban J connectivity index is 2.03. The number of thiazole rings is 1. The molecule has 1 saturated heterocycles. The molecule has 0 aliphatic carbocycles. The average Bonchev–Trinajstić information content (AvgIpc) is 2.94. The first kappa shape index (κ1) is 17.2. The van der Waals surface area contributed by atoms with Crippen LogP contribution < -0.4 is 0 Å². The topological polar surface area (TPSA) is 53.4 Å². The van der Waals surface area contributed by atoms with E-state index >= 15 is 0 Å². The Bertz CT molecular complexity index is 545. The summed E-state index contributed by atoms with van der Waals surface area (Å²) in [5, 5.41) is 10.4. The molecule has 1 fully saturated rings. The van der Waals surface area contributed by atoms with E-state index in [1.165, 1.54) is 0 Å². The molecule has 0 saturated carbocycles. The van der Waals surface area contributed by atoms with Gasteiger partial charge in [-0.2, -0.15) is 0 Å². The third-order valence-corrected chi connectivity index (χ3v) is 5.46. The van der Waals surface area contributed by atoms with Crippen molar-refractivity contribution in [3.8, 4) is 0 Å². The van der Waals surface area contributed by atoms with Crippen LogP contribution in [0.1, 0.15) is 50.4 Å². The lowest BCUT2D eigenvalue weighted by molar-refractivity contribution is -0.130. The summed E-state index contributed by atoms with van der Waals surface area (Å²) in [5.41, 5.74) is 0.0382. The summed E-state index contributed by atoms with van der Waals surface area (Å²) in [6, 6.07) is 0.242. The SMILES string of the molecule is CC1CCC(CO)CN1C(=O)/C=C/c1cnc(C(C)(C)C)s1. The van der Waals surface area contributed by atoms with Crippen LogP contribution in [-0.2, 0) is 10.2 Å². The smallest absolute Gasteiger partial charge is 0.246 e. The van der Waals surface area contributed by atoms with Crippen molar-refractivity contribution in [2.24, 2.45) is 5.92 Å². The van der Waals surface area contributed by atoms with Crippen LogP contribution in [-0.4, -0.2) is 40.1 Å². The second-order valence-corrected chi connectivity index (χ2v) is 8.18. The van der Waals surface area contributed by atoms with Gasteiger partial charge in [-0.05, 0) is 31.8 Å². The summed E-state index contributed by atoms with van der Waals surface area (Å²) in [5.74, 6) is 0.237. The number of aliphatic hydroxyl groups excluding tert-OH is 1. The van der Waals surface area contributed by atoms with Crippen LogP contribution in [0, 0.1) is 5.92 Å². The first-order valence-electron chi connectivity index (χ1n) is 7.87. The number of carbonyl (C=O) groups excluding carboxylic acids is 1. The molecule has 1 amide bonds.